The third-order valence-electron chi connectivity index (χ3n) is 5.10. The number of nitrogens with one attached hydrogen (secondary N) is 2. The Morgan fingerprint density at radius 1 is 1.07 bits per heavy atom. The molecule has 2 N–H and O–H groups in total. The molecule has 0 aliphatic carbocycles. The van der Waals surface area contributed by atoms with Crippen LogP contribution in [-0.2, 0) is 0 Å². The lowest BCUT2D eigenvalue weighted by molar-refractivity contribution is 0.0694. The number of amides is 2. The van der Waals surface area contributed by atoms with Crippen molar-refractivity contribution < 1.29 is 9.59 Å². The van der Waals surface area contributed by atoms with Gasteiger partial charge in [-0.2, -0.15) is 0 Å². The molecule has 0 radical (unpaired) electrons. The fourth-order valence-electron chi connectivity index (χ4n) is 3.38. The Labute approximate surface area is 178 Å². The third kappa shape index (κ3) is 4.98. The maximum atomic E-state index is 12.5. The normalized spacial score (nSPS) is 14.3. The second-order valence-electron chi connectivity index (χ2n) is 7.11. The van der Waals surface area contributed by atoms with Crippen molar-refractivity contribution in [2.75, 3.05) is 30.3 Å². The van der Waals surface area contributed by atoms with Gasteiger partial charge in [0, 0.05) is 31.4 Å². The van der Waals surface area contributed by atoms with E-state index in [1.54, 1.807) is 23.8 Å². The molecule has 3 aromatic rings. The molecule has 0 bridgehead atoms. The number of benzene rings is 1. The van der Waals surface area contributed by atoms with E-state index in [0.29, 0.717) is 16.6 Å². The van der Waals surface area contributed by atoms with E-state index >= 15 is 0 Å². The molecule has 4 rings (SSSR count). The molecule has 0 spiro atoms. The highest BCUT2D eigenvalue weighted by Crippen LogP contribution is 2.20. The van der Waals surface area contributed by atoms with E-state index in [2.05, 4.69) is 25.8 Å². The number of hydrogen-bond acceptors (Lipinski definition) is 7. The van der Waals surface area contributed by atoms with Crippen LogP contribution in [0.1, 0.15) is 33.6 Å². The molecule has 1 aliphatic heterocycles. The monoisotopic (exact) mass is 422 g/mol. The number of likely N-dealkylation sites (tertiary alicyclic amines) is 1. The molecule has 0 saturated carbocycles. The first-order valence-electron chi connectivity index (χ1n) is 9.81. The van der Waals surface area contributed by atoms with Crippen molar-refractivity contribution in [1.82, 2.24) is 20.1 Å². The van der Waals surface area contributed by atoms with E-state index in [0.717, 1.165) is 43.9 Å². The zero-order valence-electron chi connectivity index (χ0n) is 16.3. The lowest BCUT2D eigenvalue weighted by Gasteiger charge is -2.32. The van der Waals surface area contributed by atoms with E-state index in [1.165, 1.54) is 11.3 Å². The number of pyridine rings is 1. The maximum Gasteiger partial charge on any atom is 0.259 e. The SMILES string of the molecule is O=C(Nc1nncs1)c1ccc(NCC2CCN(C(=O)c3ccccc3)CC2)nc1. The quantitative estimate of drug-likeness (QED) is 0.633. The molecular formula is C21H22N6O2S. The van der Waals surface area contributed by atoms with Crippen molar-refractivity contribution in [3.63, 3.8) is 0 Å². The van der Waals surface area contributed by atoms with Crippen LogP contribution in [0, 0.1) is 5.92 Å². The summed E-state index contributed by atoms with van der Waals surface area (Å²) in [6.07, 6.45) is 3.45. The molecule has 1 aromatic carbocycles. The first-order chi connectivity index (χ1) is 14.7. The number of anilines is 2. The number of hydrogen-bond donors (Lipinski definition) is 2. The van der Waals surface area contributed by atoms with Crippen molar-refractivity contribution in [3.05, 3.63) is 65.3 Å². The second-order valence-corrected chi connectivity index (χ2v) is 7.95. The van der Waals surface area contributed by atoms with E-state index in [4.69, 9.17) is 0 Å². The standard InChI is InChI=1S/C21H22N6O2S/c28-19(25-21-26-24-14-30-21)17-6-7-18(23-13-17)22-12-15-8-10-27(11-9-15)20(29)16-4-2-1-3-5-16/h1-7,13-15H,8-12H2,(H,22,23)(H,25,26,28). The minimum absolute atomic E-state index is 0.103. The Balaban J connectivity index is 1.23. The van der Waals surface area contributed by atoms with Gasteiger partial charge in [0.25, 0.3) is 11.8 Å². The van der Waals surface area contributed by atoms with Gasteiger partial charge < -0.3 is 10.2 Å². The topological polar surface area (TPSA) is 100 Å². The summed E-state index contributed by atoms with van der Waals surface area (Å²) >= 11 is 1.26. The van der Waals surface area contributed by atoms with Gasteiger partial charge in [0.15, 0.2) is 0 Å². The summed E-state index contributed by atoms with van der Waals surface area (Å²) in [6, 6.07) is 12.9. The number of rotatable bonds is 6. The molecule has 1 aliphatic rings. The van der Waals surface area contributed by atoms with Gasteiger partial charge in [0.05, 0.1) is 5.56 Å². The van der Waals surface area contributed by atoms with Crippen LogP contribution in [0.5, 0.6) is 0 Å². The zero-order valence-corrected chi connectivity index (χ0v) is 17.1. The Bertz CT molecular complexity index is 971. The summed E-state index contributed by atoms with van der Waals surface area (Å²) < 4.78 is 0. The second kappa shape index (κ2) is 9.45. The Morgan fingerprint density at radius 2 is 1.87 bits per heavy atom. The summed E-state index contributed by atoms with van der Waals surface area (Å²) in [5.41, 5.74) is 2.76. The van der Waals surface area contributed by atoms with Gasteiger partial charge >= 0.3 is 0 Å². The van der Waals surface area contributed by atoms with Crippen LogP contribution in [0.2, 0.25) is 0 Å². The minimum Gasteiger partial charge on any atom is -0.370 e. The van der Waals surface area contributed by atoms with Crippen LogP contribution in [0.3, 0.4) is 0 Å². The van der Waals surface area contributed by atoms with Gasteiger partial charge in [-0.15, -0.1) is 10.2 Å². The summed E-state index contributed by atoms with van der Waals surface area (Å²) in [5, 5.41) is 14.0. The van der Waals surface area contributed by atoms with Crippen molar-refractivity contribution >= 4 is 34.1 Å². The molecule has 0 atom stereocenters. The summed E-state index contributed by atoms with van der Waals surface area (Å²) in [7, 11) is 0. The van der Waals surface area contributed by atoms with Crippen LogP contribution >= 0.6 is 11.3 Å². The average Bonchev–Trinajstić information content (AvgIpc) is 3.31. The smallest absolute Gasteiger partial charge is 0.259 e. The summed E-state index contributed by atoms with van der Waals surface area (Å²) in [5.74, 6) is 1.05. The molecule has 1 fully saturated rings. The van der Waals surface area contributed by atoms with Crippen LogP contribution in [0.25, 0.3) is 0 Å². The highest BCUT2D eigenvalue weighted by atomic mass is 32.1. The molecule has 0 unspecified atom stereocenters. The van der Waals surface area contributed by atoms with E-state index in [1.807, 2.05) is 35.2 Å². The number of nitrogens with zero attached hydrogens (tertiary/aromatic N) is 4. The Morgan fingerprint density at radius 3 is 2.53 bits per heavy atom. The average molecular weight is 423 g/mol. The van der Waals surface area contributed by atoms with Crippen molar-refractivity contribution in [2.45, 2.75) is 12.8 Å². The van der Waals surface area contributed by atoms with Crippen molar-refractivity contribution in [1.29, 1.82) is 0 Å². The van der Waals surface area contributed by atoms with E-state index in [9.17, 15) is 9.59 Å². The minimum atomic E-state index is -0.263. The molecule has 2 amide bonds. The molecule has 154 valence electrons. The molecule has 3 heterocycles. The van der Waals surface area contributed by atoms with E-state index in [-0.39, 0.29) is 11.8 Å². The highest BCUT2D eigenvalue weighted by Gasteiger charge is 2.23. The van der Waals surface area contributed by atoms with E-state index < -0.39 is 0 Å². The summed E-state index contributed by atoms with van der Waals surface area (Å²) in [4.78, 5) is 30.9. The van der Waals surface area contributed by atoms with Gasteiger partial charge in [-0.1, -0.05) is 29.5 Å². The van der Waals surface area contributed by atoms with Gasteiger partial charge in [-0.3, -0.25) is 14.9 Å². The van der Waals surface area contributed by atoms with Crippen LogP contribution in [-0.4, -0.2) is 51.5 Å². The molecule has 9 heteroatoms. The number of carbonyl (C=O) groups excluding carboxylic acids is 2. The summed E-state index contributed by atoms with van der Waals surface area (Å²) in [6.45, 7) is 2.31. The first-order valence-corrected chi connectivity index (χ1v) is 10.7. The number of piperidine rings is 1. The van der Waals surface area contributed by atoms with Gasteiger partial charge in [-0.25, -0.2) is 4.98 Å². The fourth-order valence-corrected chi connectivity index (χ4v) is 3.82. The maximum absolute atomic E-state index is 12.5. The predicted octanol–water partition coefficient (Wildman–Crippen LogP) is 3.15. The number of carbonyl (C=O) groups is 2. The highest BCUT2D eigenvalue weighted by molar-refractivity contribution is 7.13. The fraction of sp³-hybridized carbons (Fsp3) is 0.286. The largest absolute Gasteiger partial charge is 0.370 e. The van der Waals surface area contributed by atoms with Crippen LogP contribution in [0.15, 0.2) is 54.2 Å². The van der Waals surface area contributed by atoms with Crippen molar-refractivity contribution in [3.8, 4) is 0 Å². The van der Waals surface area contributed by atoms with Gasteiger partial charge in [0.1, 0.15) is 11.3 Å². The molecule has 2 aromatic heterocycles. The zero-order chi connectivity index (χ0) is 20.8. The predicted molar refractivity (Wildman–Crippen MR) is 116 cm³/mol. The third-order valence-corrected chi connectivity index (χ3v) is 5.71. The van der Waals surface area contributed by atoms with Crippen molar-refractivity contribution in [2.24, 2.45) is 5.92 Å². The lowest BCUT2D eigenvalue weighted by atomic mass is 9.96. The molecule has 1 saturated heterocycles. The Kier molecular flexibility index (Phi) is 6.29. The molecule has 30 heavy (non-hydrogen) atoms. The van der Waals surface area contributed by atoms with Gasteiger partial charge in [0.2, 0.25) is 5.13 Å². The molecular weight excluding hydrogens is 400 g/mol. The first kappa shape index (κ1) is 20.0. The van der Waals surface area contributed by atoms with Crippen LogP contribution in [0.4, 0.5) is 10.9 Å². The van der Waals surface area contributed by atoms with Crippen LogP contribution < -0.4 is 10.6 Å². The lowest BCUT2D eigenvalue weighted by Crippen LogP contribution is -2.39. The molecule has 8 nitrogen and oxygen atoms in total. The number of aromatic nitrogens is 3. The Hall–Kier alpha value is -3.33. The van der Waals surface area contributed by atoms with Gasteiger partial charge in [-0.05, 0) is 43.0 Å².